The highest BCUT2D eigenvalue weighted by Gasteiger charge is 2.24. The highest BCUT2D eigenvalue weighted by molar-refractivity contribution is 7.08. The van der Waals surface area contributed by atoms with Crippen LogP contribution in [0, 0.1) is 18.6 Å². The van der Waals surface area contributed by atoms with E-state index in [1.165, 1.54) is 6.07 Å². The van der Waals surface area contributed by atoms with Crippen molar-refractivity contribution < 1.29 is 18.4 Å². The number of aryl methyl sites for hydroxylation is 1. The molecule has 8 heteroatoms. The molecule has 2 amide bonds. The van der Waals surface area contributed by atoms with Crippen molar-refractivity contribution in [3.8, 4) is 0 Å². The zero-order chi connectivity index (χ0) is 22.7. The van der Waals surface area contributed by atoms with Crippen molar-refractivity contribution in [2.24, 2.45) is 0 Å². The van der Waals surface area contributed by atoms with E-state index in [2.05, 4.69) is 10.3 Å². The number of halogens is 2. The molecule has 0 atom stereocenters. The van der Waals surface area contributed by atoms with Gasteiger partial charge in [-0.2, -0.15) is 11.3 Å². The van der Waals surface area contributed by atoms with Crippen LogP contribution in [-0.4, -0.2) is 28.2 Å². The molecule has 1 aliphatic rings. The molecule has 3 heterocycles. The molecule has 0 saturated heterocycles. The van der Waals surface area contributed by atoms with Gasteiger partial charge in [-0.05, 0) is 70.1 Å². The predicted molar refractivity (Wildman–Crippen MR) is 118 cm³/mol. The number of rotatable bonds is 6. The molecule has 0 aliphatic carbocycles. The number of amides is 2. The number of thiophene rings is 1. The molecule has 166 valence electrons. The van der Waals surface area contributed by atoms with Crippen molar-refractivity contribution in [1.29, 1.82) is 0 Å². The molecule has 0 bridgehead atoms. The first kappa shape index (κ1) is 22.1. The second-order valence-electron chi connectivity index (χ2n) is 7.90. The van der Waals surface area contributed by atoms with E-state index in [0.29, 0.717) is 38.0 Å². The molecule has 3 aromatic rings. The molecule has 4 rings (SSSR count). The summed E-state index contributed by atoms with van der Waals surface area (Å²) in [7, 11) is 0. The van der Waals surface area contributed by atoms with Crippen molar-refractivity contribution in [3.63, 3.8) is 0 Å². The molecule has 5 nitrogen and oxygen atoms in total. The Kier molecular flexibility index (Phi) is 6.60. The van der Waals surface area contributed by atoms with Crippen LogP contribution in [0.2, 0.25) is 0 Å². The van der Waals surface area contributed by atoms with Crippen LogP contribution in [0.25, 0.3) is 0 Å². The first-order valence-electron chi connectivity index (χ1n) is 10.4. The maximum Gasteiger partial charge on any atom is 0.227 e. The zero-order valence-electron chi connectivity index (χ0n) is 17.7. The fraction of sp³-hybridized carbons (Fsp3) is 0.292. The SMILES string of the molecule is Cc1ncc2c(c1CNC(=O)Cc1ccsc1)CCN(C(=O)Cc1ccc(F)c(F)c1)C2. The van der Waals surface area contributed by atoms with Crippen LogP contribution in [0.4, 0.5) is 8.78 Å². The quantitative estimate of drug-likeness (QED) is 0.616. The Morgan fingerprint density at radius 1 is 1.16 bits per heavy atom. The highest BCUT2D eigenvalue weighted by Crippen LogP contribution is 2.24. The molecule has 0 radical (unpaired) electrons. The van der Waals surface area contributed by atoms with Crippen molar-refractivity contribution in [3.05, 3.63) is 86.4 Å². The van der Waals surface area contributed by atoms with Crippen LogP contribution >= 0.6 is 11.3 Å². The van der Waals surface area contributed by atoms with E-state index < -0.39 is 11.6 Å². The van der Waals surface area contributed by atoms with Gasteiger partial charge in [-0.1, -0.05) is 6.07 Å². The lowest BCUT2D eigenvalue weighted by atomic mass is 9.94. The lowest BCUT2D eigenvalue weighted by Crippen LogP contribution is -2.38. The lowest BCUT2D eigenvalue weighted by molar-refractivity contribution is -0.131. The Bertz CT molecular complexity index is 1150. The average molecular weight is 456 g/mol. The largest absolute Gasteiger partial charge is 0.352 e. The number of nitrogens with zero attached hydrogens (tertiary/aromatic N) is 2. The van der Waals surface area contributed by atoms with Crippen molar-refractivity contribution >= 4 is 23.2 Å². The minimum absolute atomic E-state index is 0.0112. The summed E-state index contributed by atoms with van der Waals surface area (Å²) in [5, 5.41) is 6.89. The number of aromatic nitrogens is 1. The molecule has 2 aromatic heterocycles. The summed E-state index contributed by atoms with van der Waals surface area (Å²) in [5.41, 5.74) is 5.35. The Morgan fingerprint density at radius 2 is 2.00 bits per heavy atom. The number of fused-ring (bicyclic) bond motifs is 1. The topological polar surface area (TPSA) is 62.3 Å². The third-order valence-electron chi connectivity index (χ3n) is 5.69. The van der Waals surface area contributed by atoms with Crippen molar-refractivity contribution in [2.75, 3.05) is 6.54 Å². The molecule has 0 saturated carbocycles. The van der Waals surface area contributed by atoms with Gasteiger partial charge in [-0.25, -0.2) is 8.78 Å². The van der Waals surface area contributed by atoms with Crippen molar-refractivity contribution in [1.82, 2.24) is 15.2 Å². The lowest BCUT2D eigenvalue weighted by Gasteiger charge is -2.30. The number of hydrogen-bond acceptors (Lipinski definition) is 4. The van der Waals surface area contributed by atoms with Crippen LogP contribution in [0.3, 0.4) is 0 Å². The number of nitrogens with one attached hydrogen (secondary N) is 1. The van der Waals surface area contributed by atoms with Gasteiger partial charge < -0.3 is 10.2 Å². The molecule has 0 fully saturated rings. The van der Waals surface area contributed by atoms with Gasteiger partial charge in [0.2, 0.25) is 11.8 Å². The third-order valence-corrected chi connectivity index (χ3v) is 6.43. The minimum Gasteiger partial charge on any atom is -0.352 e. The maximum atomic E-state index is 13.4. The molecule has 32 heavy (non-hydrogen) atoms. The van der Waals surface area contributed by atoms with Crippen LogP contribution in [0.15, 0.2) is 41.2 Å². The molecule has 0 unspecified atom stereocenters. The Balaban J connectivity index is 1.41. The van der Waals surface area contributed by atoms with Crippen molar-refractivity contribution in [2.45, 2.75) is 39.3 Å². The summed E-state index contributed by atoms with van der Waals surface area (Å²) in [6.07, 6.45) is 2.78. The van der Waals surface area contributed by atoms with Crippen LogP contribution < -0.4 is 5.32 Å². The normalized spacial score (nSPS) is 13.0. The Hall–Kier alpha value is -3.13. The molecule has 1 aromatic carbocycles. The van der Waals surface area contributed by atoms with Gasteiger partial charge in [-0.15, -0.1) is 0 Å². The van der Waals surface area contributed by atoms with E-state index in [1.54, 1.807) is 22.4 Å². The van der Waals surface area contributed by atoms with E-state index in [-0.39, 0.29) is 18.2 Å². The Labute approximate surface area is 189 Å². The number of pyridine rings is 1. The summed E-state index contributed by atoms with van der Waals surface area (Å²) in [6.45, 7) is 3.24. The summed E-state index contributed by atoms with van der Waals surface area (Å²) >= 11 is 1.56. The number of benzene rings is 1. The number of hydrogen-bond donors (Lipinski definition) is 1. The first-order chi connectivity index (χ1) is 15.4. The predicted octanol–water partition coefficient (Wildman–Crippen LogP) is 3.72. The van der Waals surface area contributed by atoms with E-state index in [9.17, 15) is 18.4 Å². The second kappa shape index (κ2) is 9.56. The second-order valence-corrected chi connectivity index (χ2v) is 8.68. The van der Waals surface area contributed by atoms with Gasteiger partial charge in [0.25, 0.3) is 0 Å². The number of carbonyl (C=O) groups excluding carboxylic acids is 2. The summed E-state index contributed by atoms with van der Waals surface area (Å²) < 4.78 is 26.6. The summed E-state index contributed by atoms with van der Waals surface area (Å²) in [5.74, 6) is -2.07. The standard InChI is InChI=1S/C24H23F2N3O2S/c1-15-20(12-28-23(30)9-17-5-7-32-14-17)19-4-6-29(13-18(19)11-27-15)24(31)10-16-2-3-21(25)22(26)8-16/h2-3,5,7-8,11,14H,4,6,9-10,12-13H2,1H3,(H,28,30). The van der Waals surface area contributed by atoms with E-state index in [0.717, 1.165) is 40.1 Å². The Morgan fingerprint density at radius 3 is 2.75 bits per heavy atom. The molecular formula is C24H23F2N3O2S. The van der Waals surface area contributed by atoms with E-state index in [1.807, 2.05) is 23.8 Å². The van der Waals surface area contributed by atoms with Gasteiger partial charge in [0.15, 0.2) is 11.6 Å². The smallest absolute Gasteiger partial charge is 0.227 e. The van der Waals surface area contributed by atoms with E-state index >= 15 is 0 Å². The van der Waals surface area contributed by atoms with Crippen LogP contribution in [0.5, 0.6) is 0 Å². The number of carbonyl (C=O) groups is 2. The van der Waals surface area contributed by atoms with Gasteiger partial charge in [0.1, 0.15) is 0 Å². The third kappa shape index (κ3) is 5.02. The highest BCUT2D eigenvalue weighted by atomic mass is 32.1. The van der Waals surface area contributed by atoms with Gasteiger partial charge in [0, 0.05) is 31.5 Å². The van der Waals surface area contributed by atoms with Gasteiger partial charge in [-0.3, -0.25) is 14.6 Å². The van der Waals surface area contributed by atoms with Crippen LogP contribution in [-0.2, 0) is 41.9 Å². The minimum atomic E-state index is -0.954. The fourth-order valence-corrected chi connectivity index (χ4v) is 4.60. The molecule has 0 spiro atoms. The monoisotopic (exact) mass is 455 g/mol. The van der Waals surface area contributed by atoms with Crippen LogP contribution in [0.1, 0.15) is 33.5 Å². The van der Waals surface area contributed by atoms with Gasteiger partial charge in [0.05, 0.1) is 12.8 Å². The first-order valence-corrected chi connectivity index (χ1v) is 11.3. The molecule has 1 aliphatic heterocycles. The summed E-state index contributed by atoms with van der Waals surface area (Å²) in [4.78, 5) is 31.2. The van der Waals surface area contributed by atoms with Gasteiger partial charge >= 0.3 is 0 Å². The average Bonchev–Trinajstić information content (AvgIpc) is 3.28. The van der Waals surface area contributed by atoms with E-state index in [4.69, 9.17) is 0 Å². The zero-order valence-corrected chi connectivity index (χ0v) is 18.5. The summed E-state index contributed by atoms with van der Waals surface area (Å²) in [6, 6.07) is 5.46. The molecule has 1 N–H and O–H groups in total. The maximum absolute atomic E-state index is 13.4. The molecular weight excluding hydrogens is 432 g/mol. The fourth-order valence-electron chi connectivity index (χ4n) is 3.93.